The fraction of sp³-hybridized carbons (Fsp3) is 0.667. The van der Waals surface area contributed by atoms with Gasteiger partial charge in [-0.3, -0.25) is 4.90 Å². The van der Waals surface area contributed by atoms with Gasteiger partial charge < -0.3 is 19.7 Å². The van der Waals surface area contributed by atoms with Gasteiger partial charge in [-0.05, 0) is 43.7 Å². The molecule has 0 amide bonds. The minimum Gasteiger partial charge on any atom is -0.497 e. The molecule has 144 valence electrons. The molecule has 3 rings (SSSR count). The van der Waals surface area contributed by atoms with Gasteiger partial charge in [0.05, 0.1) is 13.7 Å². The quantitative estimate of drug-likeness (QED) is 0.721. The molecule has 0 aromatic heterocycles. The van der Waals surface area contributed by atoms with Gasteiger partial charge in [-0.15, -0.1) is 24.8 Å². The molecule has 1 aromatic rings. The summed E-state index contributed by atoms with van der Waals surface area (Å²) in [5, 5.41) is 3.47. The summed E-state index contributed by atoms with van der Waals surface area (Å²) in [5.41, 5.74) is 0. The third kappa shape index (κ3) is 6.83. The molecule has 2 aliphatic rings. The van der Waals surface area contributed by atoms with Gasteiger partial charge in [-0.25, -0.2) is 0 Å². The van der Waals surface area contributed by atoms with Crippen molar-refractivity contribution in [3.8, 4) is 11.5 Å². The average molecular weight is 392 g/mol. The molecular formula is C18H31Cl2N3O2. The monoisotopic (exact) mass is 391 g/mol. The van der Waals surface area contributed by atoms with Gasteiger partial charge in [0.1, 0.15) is 11.5 Å². The van der Waals surface area contributed by atoms with Crippen LogP contribution in [0.3, 0.4) is 0 Å². The summed E-state index contributed by atoms with van der Waals surface area (Å²) >= 11 is 0. The van der Waals surface area contributed by atoms with Crippen LogP contribution in [-0.2, 0) is 0 Å². The number of nitrogens with one attached hydrogen (secondary N) is 1. The smallest absolute Gasteiger partial charge is 0.119 e. The highest BCUT2D eigenvalue weighted by atomic mass is 35.5. The lowest BCUT2D eigenvalue weighted by atomic mass is 10.2. The van der Waals surface area contributed by atoms with Crippen molar-refractivity contribution in [1.82, 2.24) is 15.1 Å². The first-order valence-corrected chi connectivity index (χ1v) is 8.79. The molecule has 2 saturated heterocycles. The van der Waals surface area contributed by atoms with E-state index in [1.165, 1.54) is 45.7 Å². The predicted molar refractivity (Wildman–Crippen MR) is 107 cm³/mol. The van der Waals surface area contributed by atoms with Crippen molar-refractivity contribution in [2.24, 2.45) is 0 Å². The lowest BCUT2D eigenvalue weighted by Crippen LogP contribution is -2.51. The molecule has 5 nitrogen and oxygen atoms in total. The molecular weight excluding hydrogens is 361 g/mol. The van der Waals surface area contributed by atoms with Gasteiger partial charge in [0.2, 0.25) is 0 Å². The third-order valence-electron chi connectivity index (χ3n) is 4.90. The van der Waals surface area contributed by atoms with Crippen molar-refractivity contribution in [3.63, 3.8) is 0 Å². The molecule has 0 saturated carbocycles. The van der Waals surface area contributed by atoms with E-state index >= 15 is 0 Å². The Morgan fingerprint density at radius 1 is 1.04 bits per heavy atom. The summed E-state index contributed by atoms with van der Waals surface area (Å²) < 4.78 is 10.9. The summed E-state index contributed by atoms with van der Waals surface area (Å²) in [5.74, 6) is 1.79. The SMILES string of the molecule is COc1ccc(OCCCN2CCN(C3CCNC3)CC2)cc1.Cl.Cl. The first kappa shape index (κ1) is 22.3. The van der Waals surface area contributed by atoms with Gasteiger partial charge in [0.25, 0.3) is 0 Å². The Bertz CT molecular complexity index is 462. The van der Waals surface area contributed by atoms with Crippen molar-refractivity contribution in [2.45, 2.75) is 18.9 Å². The van der Waals surface area contributed by atoms with E-state index in [9.17, 15) is 0 Å². The van der Waals surface area contributed by atoms with E-state index in [4.69, 9.17) is 9.47 Å². The molecule has 25 heavy (non-hydrogen) atoms. The first-order valence-electron chi connectivity index (χ1n) is 8.79. The van der Waals surface area contributed by atoms with Crippen LogP contribution in [0.15, 0.2) is 24.3 Å². The van der Waals surface area contributed by atoms with Crippen LogP contribution in [0.4, 0.5) is 0 Å². The van der Waals surface area contributed by atoms with Crippen LogP contribution in [0.2, 0.25) is 0 Å². The number of ether oxygens (including phenoxy) is 2. The van der Waals surface area contributed by atoms with Crippen LogP contribution in [0.25, 0.3) is 0 Å². The molecule has 1 atom stereocenters. The van der Waals surface area contributed by atoms with E-state index < -0.39 is 0 Å². The number of halogens is 2. The number of benzene rings is 1. The maximum Gasteiger partial charge on any atom is 0.119 e. The van der Waals surface area contributed by atoms with Gasteiger partial charge in [-0.1, -0.05) is 0 Å². The van der Waals surface area contributed by atoms with E-state index in [0.29, 0.717) is 0 Å². The number of nitrogens with zero attached hydrogens (tertiary/aromatic N) is 2. The van der Waals surface area contributed by atoms with Crippen molar-refractivity contribution < 1.29 is 9.47 Å². The zero-order valence-electron chi connectivity index (χ0n) is 15.0. The zero-order valence-corrected chi connectivity index (χ0v) is 16.6. The van der Waals surface area contributed by atoms with Crippen LogP contribution < -0.4 is 14.8 Å². The van der Waals surface area contributed by atoms with Gasteiger partial charge >= 0.3 is 0 Å². The molecule has 2 fully saturated rings. The maximum absolute atomic E-state index is 5.80. The van der Waals surface area contributed by atoms with Crippen molar-refractivity contribution in [3.05, 3.63) is 24.3 Å². The Balaban J connectivity index is 0.00000156. The van der Waals surface area contributed by atoms with Gasteiger partial charge in [-0.2, -0.15) is 0 Å². The standard InChI is InChI=1S/C18H29N3O2.2ClH/c1-22-17-3-5-18(6-4-17)23-14-2-9-20-10-12-21(13-11-20)16-7-8-19-15-16;;/h3-6,16,19H,2,7-15H2,1H3;2*1H. The molecule has 7 heteroatoms. The molecule has 0 spiro atoms. The summed E-state index contributed by atoms with van der Waals surface area (Å²) in [7, 11) is 1.68. The van der Waals surface area contributed by atoms with E-state index in [1.54, 1.807) is 7.11 Å². The van der Waals surface area contributed by atoms with E-state index in [2.05, 4.69) is 15.1 Å². The van der Waals surface area contributed by atoms with Crippen molar-refractivity contribution in [1.29, 1.82) is 0 Å². The Labute approximate surface area is 163 Å². The number of piperazine rings is 1. The molecule has 0 aliphatic carbocycles. The molecule has 0 radical (unpaired) electrons. The van der Waals surface area contributed by atoms with E-state index in [1.807, 2.05) is 24.3 Å². The number of hydrogen-bond acceptors (Lipinski definition) is 5. The average Bonchev–Trinajstić information content (AvgIpc) is 3.14. The lowest BCUT2D eigenvalue weighted by Gasteiger charge is -2.37. The molecule has 2 heterocycles. The number of methoxy groups -OCH3 is 1. The number of rotatable bonds is 7. The molecule has 1 unspecified atom stereocenters. The second-order valence-corrected chi connectivity index (χ2v) is 6.40. The largest absolute Gasteiger partial charge is 0.497 e. The Morgan fingerprint density at radius 3 is 2.32 bits per heavy atom. The lowest BCUT2D eigenvalue weighted by molar-refractivity contribution is 0.0984. The zero-order chi connectivity index (χ0) is 15.9. The topological polar surface area (TPSA) is 37.0 Å². The van der Waals surface area contributed by atoms with Crippen LogP contribution in [0, 0.1) is 0 Å². The van der Waals surface area contributed by atoms with E-state index in [0.717, 1.165) is 37.1 Å². The highest BCUT2D eigenvalue weighted by Crippen LogP contribution is 2.17. The fourth-order valence-corrected chi connectivity index (χ4v) is 3.45. The van der Waals surface area contributed by atoms with Crippen molar-refractivity contribution >= 4 is 24.8 Å². The minimum atomic E-state index is 0. The van der Waals surface area contributed by atoms with Gasteiger partial charge in [0, 0.05) is 45.3 Å². The van der Waals surface area contributed by atoms with Crippen LogP contribution >= 0.6 is 24.8 Å². The van der Waals surface area contributed by atoms with Crippen molar-refractivity contribution in [2.75, 3.05) is 59.5 Å². The summed E-state index contributed by atoms with van der Waals surface area (Å²) in [6.45, 7) is 9.09. The second-order valence-electron chi connectivity index (χ2n) is 6.40. The summed E-state index contributed by atoms with van der Waals surface area (Å²) in [6, 6.07) is 8.58. The van der Waals surface area contributed by atoms with Crippen LogP contribution in [0.5, 0.6) is 11.5 Å². The number of hydrogen-bond donors (Lipinski definition) is 1. The van der Waals surface area contributed by atoms with Crippen LogP contribution in [0.1, 0.15) is 12.8 Å². The molecule has 0 bridgehead atoms. The first-order chi connectivity index (χ1) is 11.3. The second kappa shape index (κ2) is 11.8. The highest BCUT2D eigenvalue weighted by molar-refractivity contribution is 5.85. The third-order valence-corrected chi connectivity index (χ3v) is 4.90. The highest BCUT2D eigenvalue weighted by Gasteiger charge is 2.25. The summed E-state index contributed by atoms with van der Waals surface area (Å²) in [6.07, 6.45) is 2.40. The molecule has 1 aromatic carbocycles. The Kier molecular flexibility index (Phi) is 10.5. The van der Waals surface area contributed by atoms with E-state index in [-0.39, 0.29) is 24.8 Å². The Morgan fingerprint density at radius 2 is 1.72 bits per heavy atom. The normalized spacial score (nSPS) is 21.2. The Hall–Kier alpha value is -0.720. The van der Waals surface area contributed by atoms with Gasteiger partial charge in [0.15, 0.2) is 0 Å². The summed E-state index contributed by atoms with van der Waals surface area (Å²) in [4.78, 5) is 5.22. The predicted octanol–water partition coefficient (Wildman–Crippen LogP) is 2.29. The molecule has 2 aliphatic heterocycles. The maximum atomic E-state index is 5.80. The van der Waals surface area contributed by atoms with Crippen LogP contribution in [-0.4, -0.2) is 75.4 Å². The minimum absolute atomic E-state index is 0. The fourth-order valence-electron chi connectivity index (χ4n) is 3.45. The molecule has 1 N–H and O–H groups in total.